The highest BCUT2D eigenvalue weighted by molar-refractivity contribution is 5.93. The van der Waals surface area contributed by atoms with Crippen molar-refractivity contribution < 1.29 is 34.1 Å². The van der Waals surface area contributed by atoms with Gasteiger partial charge in [-0.3, -0.25) is 9.59 Å². The third-order valence-electron chi connectivity index (χ3n) is 2.88. The normalized spacial score (nSPS) is 11.7. The zero-order valence-corrected chi connectivity index (χ0v) is 13.1. The number of unbranched alkanes of at least 4 members (excludes halogenated alkanes) is 1. The predicted octanol–water partition coefficient (Wildman–Crippen LogP) is 2.00. The average Bonchev–Trinajstić information content (AvgIpc) is 2.44. The fourth-order valence-electron chi connectivity index (χ4n) is 1.74. The van der Waals surface area contributed by atoms with Crippen LogP contribution in [0.4, 0.5) is 0 Å². The number of ether oxygens (including phenoxy) is 2. The molecule has 0 spiro atoms. The summed E-state index contributed by atoms with van der Waals surface area (Å²) in [6.07, 6.45) is 0.917. The first-order valence-corrected chi connectivity index (χ1v) is 7.31. The first kappa shape index (κ1) is 20.1. The summed E-state index contributed by atoms with van der Waals surface area (Å²) in [6.45, 7) is 4.70. The van der Waals surface area contributed by atoms with Crippen LogP contribution in [0.15, 0.2) is 11.1 Å². The van der Waals surface area contributed by atoms with Crippen molar-refractivity contribution >= 4 is 17.9 Å². The predicted molar refractivity (Wildman–Crippen MR) is 78.5 cm³/mol. The number of carboxylic acids is 2. The van der Waals surface area contributed by atoms with Gasteiger partial charge in [-0.2, -0.15) is 0 Å². The molecule has 7 heteroatoms. The summed E-state index contributed by atoms with van der Waals surface area (Å²) in [5.74, 6) is -3.15. The van der Waals surface area contributed by atoms with Gasteiger partial charge in [-0.25, -0.2) is 4.79 Å². The lowest BCUT2D eigenvalue weighted by Crippen LogP contribution is -2.15. The highest BCUT2D eigenvalue weighted by atomic mass is 16.5. The molecule has 0 unspecified atom stereocenters. The van der Waals surface area contributed by atoms with Gasteiger partial charge < -0.3 is 19.7 Å². The first-order valence-electron chi connectivity index (χ1n) is 7.31. The van der Waals surface area contributed by atoms with Crippen LogP contribution in [0.1, 0.15) is 46.0 Å². The van der Waals surface area contributed by atoms with Crippen LogP contribution in [0.5, 0.6) is 0 Å². The maximum Gasteiger partial charge on any atom is 0.332 e. The topological polar surface area (TPSA) is 110 Å². The van der Waals surface area contributed by atoms with Gasteiger partial charge in [-0.1, -0.05) is 13.3 Å². The highest BCUT2D eigenvalue weighted by Crippen LogP contribution is 2.18. The minimum Gasteiger partial charge on any atom is -0.481 e. The van der Waals surface area contributed by atoms with Crippen molar-refractivity contribution in [3.05, 3.63) is 11.1 Å². The summed E-state index contributed by atoms with van der Waals surface area (Å²) in [7, 11) is 0. The Morgan fingerprint density at radius 3 is 2.18 bits per heavy atom. The molecule has 126 valence electrons. The van der Waals surface area contributed by atoms with E-state index in [-0.39, 0.29) is 37.2 Å². The smallest absolute Gasteiger partial charge is 0.332 e. The summed E-state index contributed by atoms with van der Waals surface area (Å²) in [5, 5.41) is 18.0. The van der Waals surface area contributed by atoms with Crippen LogP contribution < -0.4 is 0 Å². The number of carbonyl (C=O) groups excluding carboxylic acids is 1. The van der Waals surface area contributed by atoms with Crippen LogP contribution in [0, 0.1) is 0 Å². The monoisotopic (exact) mass is 316 g/mol. The zero-order valence-electron chi connectivity index (χ0n) is 13.1. The Balaban J connectivity index is 5.00. The lowest BCUT2D eigenvalue weighted by molar-refractivity contribution is -0.143. The molecule has 0 aliphatic heterocycles. The molecule has 0 aromatic heterocycles. The molecule has 0 aromatic carbocycles. The van der Waals surface area contributed by atoms with Crippen LogP contribution in [-0.2, 0) is 23.9 Å². The molecule has 0 rings (SSSR count). The molecule has 2 N–H and O–H groups in total. The standard InChI is InChI=1S/C15H24O7/c1-3-5-7-22-14(18)9-11(6-8-21-4-2)12(15(19)20)10-13(16)17/h3-10H2,1-2H3,(H,16,17)(H,19,20). The third kappa shape index (κ3) is 9.12. The van der Waals surface area contributed by atoms with Gasteiger partial charge >= 0.3 is 17.9 Å². The second-order valence-corrected chi connectivity index (χ2v) is 4.66. The van der Waals surface area contributed by atoms with Crippen LogP contribution in [0.25, 0.3) is 0 Å². The van der Waals surface area contributed by atoms with Gasteiger partial charge in [0.1, 0.15) is 0 Å². The summed E-state index contributed by atoms with van der Waals surface area (Å²) < 4.78 is 10.2. The quantitative estimate of drug-likeness (QED) is 0.322. The van der Waals surface area contributed by atoms with Crippen molar-refractivity contribution in [3.8, 4) is 0 Å². The minimum atomic E-state index is -1.34. The molecule has 0 saturated carbocycles. The van der Waals surface area contributed by atoms with Crippen molar-refractivity contribution in [2.75, 3.05) is 19.8 Å². The molecular formula is C15H24O7. The second kappa shape index (κ2) is 11.7. The Morgan fingerprint density at radius 1 is 1.00 bits per heavy atom. The Labute approximate surface area is 129 Å². The van der Waals surface area contributed by atoms with E-state index in [1.807, 2.05) is 6.92 Å². The first-order chi connectivity index (χ1) is 10.4. The number of rotatable bonds is 12. The van der Waals surface area contributed by atoms with Crippen molar-refractivity contribution in [3.63, 3.8) is 0 Å². The Morgan fingerprint density at radius 2 is 1.68 bits per heavy atom. The van der Waals surface area contributed by atoms with Crippen LogP contribution in [0.3, 0.4) is 0 Å². The molecule has 22 heavy (non-hydrogen) atoms. The number of carboxylic acid groups (broad SMARTS) is 2. The summed E-state index contributed by atoms with van der Waals surface area (Å²) in [6, 6.07) is 0. The molecule has 0 saturated heterocycles. The van der Waals surface area contributed by atoms with Crippen LogP contribution in [-0.4, -0.2) is 47.9 Å². The van der Waals surface area contributed by atoms with E-state index < -0.39 is 24.3 Å². The van der Waals surface area contributed by atoms with Gasteiger partial charge in [0.15, 0.2) is 0 Å². The Bertz CT molecular complexity index is 412. The molecule has 0 atom stereocenters. The number of aliphatic carboxylic acids is 2. The van der Waals surface area contributed by atoms with E-state index in [0.29, 0.717) is 6.61 Å². The minimum absolute atomic E-state index is 0.186. The summed E-state index contributed by atoms with van der Waals surface area (Å²) >= 11 is 0. The van der Waals surface area contributed by atoms with E-state index in [2.05, 4.69) is 0 Å². The van der Waals surface area contributed by atoms with E-state index in [1.165, 1.54) is 0 Å². The van der Waals surface area contributed by atoms with Crippen molar-refractivity contribution in [2.45, 2.75) is 46.0 Å². The molecule has 0 heterocycles. The van der Waals surface area contributed by atoms with Gasteiger partial charge in [-0.15, -0.1) is 0 Å². The largest absolute Gasteiger partial charge is 0.481 e. The lowest BCUT2D eigenvalue weighted by Gasteiger charge is -2.12. The lowest BCUT2D eigenvalue weighted by atomic mass is 9.99. The number of esters is 1. The van der Waals surface area contributed by atoms with Crippen molar-refractivity contribution in [2.24, 2.45) is 0 Å². The van der Waals surface area contributed by atoms with Gasteiger partial charge in [0, 0.05) is 12.2 Å². The number of hydrogen-bond donors (Lipinski definition) is 2. The second-order valence-electron chi connectivity index (χ2n) is 4.66. The van der Waals surface area contributed by atoms with Gasteiger partial charge in [-0.05, 0) is 25.3 Å². The molecule has 0 aliphatic carbocycles. The number of carbonyl (C=O) groups is 3. The fraction of sp³-hybridized carbons (Fsp3) is 0.667. The highest BCUT2D eigenvalue weighted by Gasteiger charge is 2.20. The molecular weight excluding hydrogens is 292 g/mol. The van der Waals surface area contributed by atoms with Crippen LogP contribution >= 0.6 is 0 Å². The van der Waals surface area contributed by atoms with Gasteiger partial charge in [0.2, 0.25) is 0 Å². The van der Waals surface area contributed by atoms with E-state index in [4.69, 9.17) is 19.7 Å². The molecule has 0 amide bonds. The van der Waals surface area contributed by atoms with E-state index in [9.17, 15) is 14.4 Å². The Kier molecular flexibility index (Phi) is 10.7. The molecule has 0 bridgehead atoms. The number of hydrogen-bond acceptors (Lipinski definition) is 5. The van der Waals surface area contributed by atoms with Crippen LogP contribution in [0.2, 0.25) is 0 Å². The SMILES string of the molecule is CCCCOC(=O)CC(CCOCC)=C(CC(=O)O)C(=O)O. The summed E-state index contributed by atoms with van der Waals surface area (Å²) in [4.78, 5) is 33.8. The zero-order chi connectivity index (χ0) is 17.0. The maximum atomic E-state index is 11.7. The van der Waals surface area contributed by atoms with Gasteiger partial charge in [0.25, 0.3) is 0 Å². The van der Waals surface area contributed by atoms with Crippen molar-refractivity contribution in [1.29, 1.82) is 0 Å². The average molecular weight is 316 g/mol. The molecule has 0 radical (unpaired) electrons. The third-order valence-corrected chi connectivity index (χ3v) is 2.88. The fourth-order valence-corrected chi connectivity index (χ4v) is 1.74. The van der Waals surface area contributed by atoms with E-state index in [1.54, 1.807) is 6.92 Å². The van der Waals surface area contributed by atoms with Gasteiger partial charge in [0.05, 0.1) is 26.1 Å². The molecule has 0 aliphatic rings. The van der Waals surface area contributed by atoms with E-state index in [0.717, 1.165) is 12.8 Å². The maximum absolute atomic E-state index is 11.7. The summed E-state index contributed by atoms with van der Waals surface area (Å²) in [5.41, 5.74) is -0.0375. The molecule has 0 fully saturated rings. The molecule has 0 aromatic rings. The Hall–Kier alpha value is -1.89. The van der Waals surface area contributed by atoms with Crippen molar-refractivity contribution in [1.82, 2.24) is 0 Å². The molecule has 7 nitrogen and oxygen atoms in total. The van der Waals surface area contributed by atoms with E-state index >= 15 is 0 Å².